The highest BCUT2D eigenvalue weighted by Gasteiger charge is 2.10. The number of nitrogens with one attached hydrogen (secondary N) is 1. The van der Waals surface area contributed by atoms with Gasteiger partial charge in [0.25, 0.3) is 0 Å². The van der Waals surface area contributed by atoms with Crippen molar-refractivity contribution in [3.05, 3.63) is 23.8 Å². The van der Waals surface area contributed by atoms with E-state index in [9.17, 15) is 0 Å². The Morgan fingerprint density at radius 3 is 3.00 bits per heavy atom. The summed E-state index contributed by atoms with van der Waals surface area (Å²) in [5.74, 6) is 0.811. The van der Waals surface area contributed by atoms with Gasteiger partial charge in [-0.15, -0.1) is 0 Å². The average molecular weight is 210 g/mol. The van der Waals surface area contributed by atoms with Crippen LogP contribution in [0.3, 0.4) is 0 Å². The number of anilines is 1. The zero-order valence-corrected chi connectivity index (χ0v) is 8.71. The molecule has 0 spiro atoms. The molecule has 0 fully saturated rings. The molecule has 2 heterocycles. The smallest absolute Gasteiger partial charge is 0.202 e. The Balaban J connectivity index is 2.06. The lowest BCUT2D eigenvalue weighted by molar-refractivity contribution is 0.388. The van der Waals surface area contributed by atoms with Gasteiger partial charge in [0.05, 0.1) is 6.04 Å². The molecule has 5 nitrogen and oxygen atoms in total. The summed E-state index contributed by atoms with van der Waals surface area (Å²) in [6.45, 7) is 3.87. The van der Waals surface area contributed by atoms with Gasteiger partial charge >= 0.3 is 0 Å². The Morgan fingerprint density at radius 2 is 2.43 bits per heavy atom. The quantitative estimate of drug-likeness (QED) is 0.839. The molecule has 0 saturated carbocycles. The SMILES string of the molecule is Cc1cc([C@@H](C)Nc2ncns2)no1. The van der Waals surface area contributed by atoms with Crippen molar-refractivity contribution in [2.75, 3.05) is 5.32 Å². The first kappa shape index (κ1) is 9.14. The summed E-state index contributed by atoms with van der Waals surface area (Å²) in [6.07, 6.45) is 1.52. The minimum atomic E-state index is 0.0837. The molecule has 0 aliphatic rings. The van der Waals surface area contributed by atoms with Crippen LogP contribution in [0.1, 0.15) is 24.4 Å². The molecular weight excluding hydrogens is 200 g/mol. The van der Waals surface area contributed by atoms with Crippen molar-refractivity contribution in [3.63, 3.8) is 0 Å². The molecule has 6 heteroatoms. The van der Waals surface area contributed by atoms with E-state index in [2.05, 4.69) is 19.8 Å². The molecule has 2 aromatic heterocycles. The summed E-state index contributed by atoms with van der Waals surface area (Å²) in [5, 5.41) is 7.88. The largest absolute Gasteiger partial charge is 0.361 e. The summed E-state index contributed by atoms with van der Waals surface area (Å²) >= 11 is 1.32. The topological polar surface area (TPSA) is 63.8 Å². The van der Waals surface area contributed by atoms with Crippen LogP contribution in [-0.2, 0) is 0 Å². The number of hydrogen-bond donors (Lipinski definition) is 1. The highest BCUT2D eigenvalue weighted by atomic mass is 32.1. The van der Waals surface area contributed by atoms with Crippen molar-refractivity contribution in [2.45, 2.75) is 19.9 Å². The standard InChI is InChI=1S/C8H10N4OS/c1-5-3-7(12-13-5)6(2)11-8-9-4-10-14-8/h3-4,6H,1-2H3,(H,9,10,11)/t6-/m1/s1. The van der Waals surface area contributed by atoms with Gasteiger partial charge in [-0.3, -0.25) is 0 Å². The Bertz CT molecular complexity index is 397. The van der Waals surface area contributed by atoms with Gasteiger partial charge in [-0.05, 0) is 13.8 Å². The maximum Gasteiger partial charge on any atom is 0.202 e. The Labute approximate surface area is 85.3 Å². The van der Waals surface area contributed by atoms with Gasteiger partial charge in [0, 0.05) is 17.6 Å². The second-order valence-electron chi connectivity index (χ2n) is 2.97. The second kappa shape index (κ2) is 3.75. The predicted octanol–water partition coefficient (Wildman–Crippen LogP) is 2.01. The summed E-state index contributed by atoms with van der Waals surface area (Å²) in [6, 6.07) is 1.99. The van der Waals surface area contributed by atoms with E-state index in [1.54, 1.807) is 0 Å². The molecular formula is C8H10N4OS. The lowest BCUT2D eigenvalue weighted by atomic mass is 10.2. The van der Waals surface area contributed by atoms with Crippen LogP contribution in [0, 0.1) is 6.92 Å². The third kappa shape index (κ3) is 1.90. The molecule has 14 heavy (non-hydrogen) atoms. The van der Waals surface area contributed by atoms with E-state index in [4.69, 9.17) is 4.52 Å². The van der Waals surface area contributed by atoms with Crippen LogP contribution >= 0.6 is 11.5 Å². The lowest BCUT2D eigenvalue weighted by Gasteiger charge is -2.07. The first-order chi connectivity index (χ1) is 6.75. The van der Waals surface area contributed by atoms with Gasteiger partial charge in [-0.2, -0.15) is 4.37 Å². The maximum absolute atomic E-state index is 4.98. The van der Waals surface area contributed by atoms with Gasteiger partial charge in [0.15, 0.2) is 0 Å². The summed E-state index contributed by atoms with van der Waals surface area (Å²) < 4.78 is 8.88. The van der Waals surface area contributed by atoms with Gasteiger partial charge < -0.3 is 9.84 Å². The normalized spacial score (nSPS) is 12.7. The Morgan fingerprint density at radius 1 is 1.57 bits per heavy atom. The molecule has 0 aromatic carbocycles. The highest BCUT2D eigenvalue weighted by molar-refractivity contribution is 7.09. The molecule has 0 unspecified atom stereocenters. The number of aryl methyl sites for hydroxylation is 1. The zero-order chi connectivity index (χ0) is 9.97. The maximum atomic E-state index is 4.98. The molecule has 0 amide bonds. The minimum absolute atomic E-state index is 0.0837. The Hall–Kier alpha value is -1.43. The van der Waals surface area contributed by atoms with Crippen molar-refractivity contribution in [3.8, 4) is 0 Å². The number of rotatable bonds is 3. The second-order valence-corrected chi connectivity index (χ2v) is 3.75. The molecule has 74 valence electrons. The first-order valence-corrected chi connectivity index (χ1v) is 4.99. The highest BCUT2D eigenvalue weighted by Crippen LogP contribution is 2.18. The Kier molecular flexibility index (Phi) is 2.45. The molecule has 2 rings (SSSR count). The van der Waals surface area contributed by atoms with E-state index in [1.165, 1.54) is 17.9 Å². The molecule has 0 radical (unpaired) electrons. The summed E-state index contributed by atoms with van der Waals surface area (Å²) in [4.78, 5) is 4.03. The molecule has 2 aromatic rings. The fourth-order valence-electron chi connectivity index (χ4n) is 1.09. The van der Waals surface area contributed by atoms with Crippen LogP contribution in [0.4, 0.5) is 5.13 Å². The molecule has 1 atom stereocenters. The van der Waals surface area contributed by atoms with E-state index in [0.29, 0.717) is 0 Å². The third-order valence-electron chi connectivity index (χ3n) is 1.79. The molecule has 1 N–H and O–H groups in total. The van der Waals surface area contributed by atoms with E-state index < -0.39 is 0 Å². The van der Waals surface area contributed by atoms with Crippen LogP contribution in [-0.4, -0.2) is 14.5 Å². The van der Waals surface area contributed by atoms with Gasteiger partial charge in [-0.1, -0.05) is 5.16 Å². The van der Waals surface area contributed by atoms with E-state index in [0.717, 1.165) is 16.6 Å². The van der Waals surface area contributed by atoms with Crippen molar-refractivity contribution < 1.29 is 4.52 Å². The zero-order valence-electron chi connectivity index (χ0n) is 7.89. The van der Waals surface area contributed by atoms with Crippen LogP contribution in [0.5, 0.6) is 0 Å². The van der Waals surface area contributed by atoms with Crippen LogP contribution < -0.4 is 5.32 Å². The van der Waals surface area contributed by atoms with Crippen LogP contribution in [0.15, 0.2) is 16.9 Å². The van der Waals surface area contributed by atoms with Gasteiger partial charge in [0.2, 0.25) is 5.13 Å². The molecule has 0 aliphatic carbocycles. The van der Waals surface area contributed by atoms with Crippen LogP contribution in [0.2, 0.25) is 0 Å². The monoisotopic (exact) mass is 210 g/mol. The molecule has 0 bridgehead atoms. The van der Waals surface area contributed by atoms with E-state index >= 15 is 0 Å². The van der Waals surface area contributed by atoms with Crippen molar-refractivity contribution >= 4 is 16.7 Å². The van der Waals surface area contributed by atoms with E-state index in [-0.39, 0.29) is 6.04 Å². The van der Waals surface area contributed by atoms with Gasteiger partial charge in [0.1, 0.15) is 17.8 Å². The number of aromatic nitrogens is 3. The average Bonchev–Trinajstić information content (AvgIpc) is 2.75. The third-order valence-corrected chi connectivity index (χ3v) is 2.39. The number of hydrogen-bond acceptors (Lipinski definition) is 6. The first-order valence-electron chi connectivity index (χ1n) is 4.22. The minimum Gasteiger partial charge on any atom is -0.361 e. The summed E-state index contributed by atoms with van der Waals surface area (Å²) in [5.41, 5.74) is 0.873. The predicted molar refractivity (Wildman–Crippen MR) is 53.2 cm³/mol. The summed E-state index contributed by atoms with van der Waals surface area (Å²) in [7, 11) is 0. The van der Waals surface area contributed by atoms with E-state index in [1.807, 2.05) is 19.9 Å². The number of nitrogens with zero attached hydrogens (tertiary/aromatic N) is 3. The molecule has 0 saturated heterocycles. The van der Waals surface area contributed by atoms with Crippen LogP contribution in [0.25, 0.3) is 0 Å². The van der Waals surface area contributed by atoms with Crippen molar-refractivity contribution in [2.24, 2.45) is 0 Å². The van der Waals surface area contributed by atoms with Crippen molar-refractivity contribution in [1.82, 2.24) is 14.5 Å². The van der Waals surface area contributed by atoms with Crippen molar-refractivity contribution in [1.29, 1.82) is 0 Å². The molecule has 0 aliphatic heterocycles. The fourth-order valence-corrected chi connectivity index (χ4v) is 1.60. The lowest BCUT2D eigenvalue weighted by Crippen LogP contribution is -2.06. The van der Waals surface area contributed by atoms with Gasteiger partial charge in [-0.25, -0.2) is 4.98 Å². The fraction of sp³-hybridized carbons (Fsp3) is 0.375.